The molecule has 5 nitrogen and oxygen atoms in total. The summed E-state index contributed by atoms with van der Waals surface area (Å²) in [5.74, 6) is -0.0199. The van der Waals surface area contributed by atoms with Crippen LogP contribution in [0, 0.1) is 17.2 Å². The summed E-state index contributed by atoms with van der Waals surface area (Å²) in [5, 5.41) is 12.1. The first-order valence-corrected chi connectivity index (χ1v) is 5.52. The van der Waals surface area contributed by atoms with Crippen molar-refractivity contribution in [3.8, 4) is 11.8 Å². The van der Waals surface area contributed by atoms with Crippen LogP contribution in [0.5, 0.6) is 5.75 Å². The number of nitrogens with one attached hydrogen (secondary N) is 1. The third kappa shape index (κ3) is 3.14. The number of para-hydroxylation sites is 1. The molecule has 1 aromatic rings. The molecule has 1 aromatic carbocycles. The Morgan fingerprint density at radius 1 is 1.50 bits per heavy atom. The minimum atomic E-state index is -0.300. The molecule has 0 fully saturated rings. The highest BCUT2D eigenvalue weighted by Crippen LogP contribution is 2.27. The predicted octanol–water partition coefficient (Wildman–Crippen LogP) is 1.79. The van der Waals surface area contributed by atoms with Crippen LogP contribution in [-0.4, -0.2) is 26.7 Å². The Morgan fingerprint density at radius 3 is 2.78 bits per heavy atom. The van der Waals surface area contributed by atoms with Crippen molar-refractivity contribution in [1.29, 1.82) is 5.26 Å². The van der Waals surface area contributed by atoms with Crippen molar-refractivity contribution >= 4 is 11.7 Å². The second kappa shape index (κ2) is 6.50. The number of carbonyl (C=O) groups excluding carboxylic acids is 1. The minimum absolute atomic E-state index is 0.295. The zero-order valence-electron chi connectivity index (χ0n) is 10.7. The topological polar surface area (TPSA) is 71.3 Å². The molecule has 0 amide bonds. The van der Waals surface area contributed by atoms with E-state index in [4.69, 9.17) is 10.00 Å². The lowest BCUT2D eigenvalue weighted by atomic mass is 10.1. The number of nitrogens with zero attached hydrogens (tertiary/aromatic N) is 1. The van der Waals surface area contributed by atoms with Crippen LogP contribution in [0.3, 0.4) is 0 Å². The van der Waals surface area contributed by atoms with E-state index >= 15 is 0 Å². The number of carbonyl (C=O) groups is 1. The summed E-state index contributed by atoms with van der Waals surface area (Å²) in [6.45, 7) is 2.13. The number of hydrogen-bond acceptors (Lipinski definition) is 5. The lowest BCUT2D eigenvalue weighted by Gasteiger charge is -2.15. The van der Waals surface area contributed by atoms with Crippen LogP contribution in [0.2, 0.25) is 0 Å². The highest BCUT2D eigenvalue weighted by Gasteiger charge is 2.15. The highest BCUT2D eigenvalue weighted by molar-refractivity contribution is 5.73. The number of benzene rings is 1. The fraction of sp³-hybridized carbons (Fsp3) is 0.385. The van der Waals surface area contributed by atoms with Crippen LogP contribution in [0.25, 0.3) is 0 Å². The number of ether oxygens (including phenoxy) is 2. The largest absolute Gasteiger partial charge is 0.495 e. The van der Waals surface area contributed by atoms with Crippen molar-refractivity contribution in [2.45, 2.75) is 6.92 Å². The van der Waals surface area contributed by atoms with Gasteiger partial charge >= 0.3 is 5.97 Å². The molecule has 5 heteroatoms. The number of rotatable bonds is 5. The number of nitriles is 1. The Labute approximate surface area is 106 Å². The van der Waals surface area contributed by atoms with Gasteiger partial charge in [-0.2, -0.15) is 5.26 Å². The molecule has 0 aliphatic carbocycles. The van der Waals surface area contributed by atoms with Crippen molar-refractivity contribution in [2.24, 2.45) is 5.92 Å². The quantitative estimate of drug-likeness (QED) is 0.804. The molecule has 0 aliphatic heterocycles. The minimum Gasteiger partial charge on any atom is -0.495 e. The maximum absolute atomic E-state index is 11.3. The van der Waals surface area contributed by atoms with Crippen molar-refractivity contribution in [2.75, 3.05) is 26.1 Å². The summed E-state index contributed by atoms with van der Waals surface area (Å²) >= 11 is 0. The number of esters is 1. The van der Waals surface area contributed by atoms with E-state index in [1.165, 1.54) is 14.2 Å². The van der Waals surface area contributed by atoms with Gasteiger partial charge in [0.05, 0.1) is 31.4 Å². The summed E-state index contributed by atoms with van der Waals surface area (Å²) in [6.07, 6.45) is 0. The Balaban J connectivity index is 2.84. The van der Waals surface area contributed by atoms with E-state index in [-0.39, 0.29) is 11.9 Å². The third-order valence-electron chi connectivity index (χ3n) is 2.56. The molecule has 1 rings (SSSR count). The van der Waals surface area contributed by atoms with Crippen LogP contribution < -0.4 is 10.1 Å². The predicted molar refractivity (Wildman–Crippen MR) is 67.4 cm³/mol. The SMILES string of the molecule is COC(=O)C(C)CNc1c(C#N)cccc1OC. The Morgan fingerprint density at radius 2 is 2.22 bits per heavy atom. The maximum atomic E-state index is 11.3. The molecule has 1 atom stereocenters. The van der Waals surface area contributed by atoms with Crippen LogP contribution >= 0.6 is 0 Å². The summed E-state index contributed by atoms with van der Waals surface area (Å²) in [7, 11) is 2.88. The van der Waals surface area contributed by atoms with E-state index < -0.39 is 0 Å². The van der Waals surface area contributed by atoms with E-state index in [9.17, 15) is 4.79 Å². The standard InChI is InChI=1S/C13H16N2O3/c1-9(13(16)18-3)8-15-12-10(7-14)5-4-6-11(12)17-2/h4-6,9,15H,8H2,1-3H3. The maximum Gasteiger partial charge on any atom is 0.310 e. The van der Waals surface area contributed by atoms with Gasteiger partial charge in [-0.25, -0.2) is 0 Å². The van der Waals surface area contributed by atoms with E-state index in [0.717, 1.165) is 0 Å². The first-order chi connectivity index (χ1) is 8.63. The first kappa shape index (κ1) is 13.8. The molecule has 0 heterocycles. The van der Waals surface area contributed by atoms with E-state index in [0.29, 0.717) is 23.5 Å². The Hall–Kier alpha value is -2.22. The second-order valence-corrected chi connectivity index (χ2v) is 3.80. The molecule has 0 saturated heterocycles. The van der Waals surface area contributed by atoms with Crippen LogP contribution in [0.1, 0.15) is 12.5 Å². The fourth-order valence-electron chi connectivity index (χ4n) is 1.52. The van der Waals surface area contributed by atoms with E-state index in [1.807, 2.05) is 0 Å². The summed E-state index contributed by atoms with van der Waals surface area (Å²) in [6, 6.07) is 7.27. The number of anilines is 1. The summed E-state index contributed by atoms with van der Waals surface area (Å²) in [5.41, 5.74) is 1.07. The molecule has 0 saturated carbocycles. The van der Waals surface area contributed by atoms with Gasteiger partial charge in [0.15, 0.2) is 0 Å². The van der Waals surface area contributed by atoms with Crippen molar-refractivity contribution in [1.82, 2.24) is 0 Å². The van der Waals surface area contributed by atoms with Gasteiger partial charge in [-0.3, -0.25) is 4.79 Å². The molecule has 0 bridgehead atoms. The van der Waals surface area contributed by atoms with Gasteiger partial charge in [0, 0.05) is 6.54 Å². The summed E-state index contributed by atoms with van der Waals surface area (Å²) < 4.78 is 9.82. The van der Waals surface area contributed by atoms with Gasteiger partial charge in [0.1, 0.15) is 11.8 Å². The van der Waals surface area contributed by atoms with Gasteiger partial charge in [-0.05, 0) is 12.1 Å². The van der Waals surface area contributed by atoms with E-state index in [1.54, 1.807) is 25.1 Å². The van der Waals surface area contributed by atoms with Crippen molar-refractivity contribution in [3.63, 3.8) is 0 Å². The van der Waals surface area contributed by atoms with Gasteiger partial charge < -0.3 is 14.8 Å². The molecule has 0 aliphatic rings. The molecule has 18 heavy (non-hydrogen) atoms. The van der Waals surface area contributed by atoms with Gasteiger partial charge in [-0.1, -0.05) is 13.0 Å². The second-order valence-electron chi connectivity index (χ2n) is 3.80. The molecule has 0 spiro atoms. The van der Waals surface area contributed by atoms with Crippen molar-refractivity contribution < 1.29 is 14.3 Å². The van der Waals surface area contributed by atoms with Crippen LogP contribution in [0.4, 0.5) is 5.69 Å². The molecule has 0 radical (unpaired) electrons. The molecule has 1 N–H and O–H groups in total. The number of hydrogen-bond donors (Lipinski definition) is 1. The molecule has 0 aromatic heterocycles. The Kier molecular flexibility index (Phi) is 5.00. The lowest BCUT2D eigenvalue weighted by Crippen LogP contribution is -2.22. The normalized spacial score (nSPS) is 11.2. The first-order valence-electron chi connectivity index (χ1n) is 5.52. The number of methoxy groups -OCH3 is 2. The monoisotopic (exact) mass is 248 g/mol. The van der Waals surface area contributed by atoms with Crippen molar-refractivity contribution in [3.05, 3.63) is 23.8 Å². The van der Waals surface area contributed by atoms with Crippen LogP contribution in [-0.2, 0) is 9.53 Å². The van der Waals surface area contributed by atoms with Gasteiger partial charge in [0.25, 0.3) is 0 Å². The third-order valence-corrected chi connectivity index (χ3v) is 2.56. The molecule has 96 valence electrons. The lowest BCUT2D eigenvalue weighted by molar-refractivity contribution is -0.144. The summed E-state index contributed by atoms with van der Waals surface area (Å²) in [4.78, 5) is 11.3. The smallest absolute Gasteiger partial charge is 0.310 e. The highest BCUT2D eigenvalue weighted by atomic mass is 16.5. The Bertz CT molecular complexity index is 466. The molecule has 1 unspecified atom stereocenters. The van der Waals surface area contributed by atoms with Gasteiger partial charge in [-0.15, -0.1) is 0 Å². The average Bonchev–Trinajstić information content (AvgIpc) is 2.43. The van der Waals surface area contributed by atoms with Gasteiger partial charge in [0.2, 0.25) is 0 Å². The average molecular weight is 248 g/mol. The van der Waals surface area contributed by atoms with Crippen LogP contribution in [0.15, 0.2) is 18.2 Å². The zero-order chi connectivity index (χ0) is 13.5. The fourth-order valence-corrected chi connectivity index (χ4v) is 1.52. The molecular weight excluding hydrogens is 232 g/mol. The van der Waals surface area contributed by atoms with E-state index in [2.05, 4.69) is 16.1 Å². The zero-order valence-corrected chi connectivity index (χ0v) is 10.7. The molecular formula is C13H16N2O3.